The van der Waals surface area contributed by atoms with Crippen molar-refractivity contribution < 1.29 is 9.90 Å². The molecule has 0 unspecified atom stereocenters. The summed E-state index contributed by atoms with van der Waals surface area (Å²) in [5, 5.41) is 8.47. The van der Waals surface area contributed by atoms with Crippen molar-refractivity contribution in [1.82, 2.24) is 0 Å². The summed E-state index contributed by atoms with van der Waals surface area (Å²) in [4.78, 5) is 10.3. The lowest BCUT2D eigenvalue weighted by molar-refractivity contribution is -0.136. The van der Waals surface area contributed by atoms with Gasteiger partial charge in [0.25, 0.3) is 0 Å². The zero-order chi connectivity index (χ0) is 15.6. The standard InChI is InChI=1S/C19H28O2/c1-2-3-4-5-6-7-8-9-10-11-12-13-14-15-16-17-18-19(20)21/h3-4,6-7,9-10,12-13,15-16H,2,5,8,11,14,17-18H2,1H3,(H,20,21). The van der Waals surface area contributed by atoms with Crippen molar-refractivity contribution in [1.29, 1.82) is 0 Å². The molecule has 1 N–H and O–H groups in total. The van der Waals surface area contributed by atoms with Gasteiger partial charge in [-0.15, -0.1) is 0 Å². The molecule has 2 nitrogen and oxygen atoms in total. The van der Waals surface area contributed by atoms with Crippen molar-refractivity contribution in [2.45, 2.75) is 51.9 Å². The Balaban J connectivity index is 3.47. The number of carboxylic acid groups (broad SMARTS) is 1. The number of hydrogen-bond acceptors (Lipinski definition) is 1. The molecule has 21 heavy (non-hydrogen) atoms. The van der Waals surface area contributed by atoms with Gasteiger partial charge < -0.3 is 5.11 Å². The van der Waals surface area contributed by atoms with Gasteiger partial charge in [0, 0.05) is 6.42 Å². The number of allylic oxidation sites excluding steroid dienone is 10. The molecule has 116 valence electrons. The van der Waals surface area contributed by atoms with Crippen LogP contribution in [0.2, 0.25) is 0 Å². The first kappa shape index (κ1) is 19.2. The fourth-order valence-corrected chi connectivity index (χ4v) is 1.58. The molecule has 0 aliphatic heterocycles. The predicted octanol–water partition coefficient (Wildman–Crippen LogP) is 5.60. The highest BCUT2D eigenvalue weighted by Gasteiger charge is 1.90. The van der Waals surface area contributed by atoms with Crippen LogP contribution in [0, 0.1) is 0 Å². The van der Waals surface area contributed by atoms with E-state index in [1.54, 1.807) is 0 Å². The third-order valence-corrected chi connectivity index (χ3v) is 2.68. The van der Waals surface area contributed by atoms with E-state index < -0.39 is 5.97 Å². The lowest BCUT2D eigenvalue weighted by atomic mass is 10.2. The third kappa shape index (κ3) is 18.2. The molecule has 0 bridgehead atoms. The topological polar surface area (TPSA) is 37.3 Å². The molecular weight excluding hydrogens is 260 g/mol. The highest BCUT2D eigenvalue weighted by molar-refractivity contribution is 5.66. The van der Waals surface area contributed by atoms with Gasteiger partial charge in [0.1, 0.15) is 0 Å². The quantitative estimate of drug-likeness (QED) is 0.474. The van der Waals surface area contributed by atoms with Gasteiger partial charge in [-0.05, 0) is 38.5 Å². The maximum Gasteiger partial charge on any atom is 0.303 e. The van der Waals surface area contributed by atoms with Gasteiger partial charge in [-0.1, -0.05) is 67.7 Å². The second kappa shape index (κ2) is 16.2. The molecule has 0 amide bonds. The van der Waals surface area contributed by atoms with Crippen LogP contribution in [-0.2, 0) is 4.79 Å². The van der Waals surface area contributed by atoms with Crippen LogP contribution in [0.15, 0.2) is 60.8 Å². The molecule has 0 aromatic rings. The third-order valence-electron chi connectivity index (χ3n) is 2.68. The van der Waals surface area contributed by atoms with Crippen LogP contribution < -0.4 is 0 Å². The smallest absolute Gasteiger partial charge is 0.303 e. The lowest BCUT2D eigenvalue weighted by Gasteiger charge is -1.87. The number of carbonyl (C=O) groups is 1. The van der Waals surface area contributed by atoms with E-state index in [-0.39, 0.29) is 6.42 Å². The molecule has 0 saturated carbocycles. The fourth-order valence-electron chi connectivity index (χ4n) is 1.58. The molecule has 2 heteroatoms. The molecule has 0 aromatic carbocycles. The van der Waals surface area contributed by atoms with Crippen molar-refractivity contribution in [3.63, 3.8) is 0 Å². The minimum atomic E-state index is -0.740. The first-order valence-electron chi connectivity index (χ1n) is 7.74. The molecule has 0 radical (unpaired) electrons. The zero-order valence-electron chi connectivity index (χ0n) is 13.1. The Morgan fingerprint density at radius 3 is 1.48 bits per heavy atom. The van der Waals surface area contributed by atoms with Gasteiger partial charge in [-0.3, -0.25) is 4.79 Å². The largest absolute Gasteiger partial charge is 0.481 e. The van der Waals surface area contributed by atoms with Crippen LogP contribution in [0.1, 0.15) is 51.9 Å². The average molecular weight is 288 g/mol. The Morgan fingerprint density at radius 2 is 1.10 bits per heavy atom. The Labute approximate surface area is 129 Å². The van der Waals surface area contributed by atoms with Gasteiger partial charge in [-0.2, -0.15) is 0 Å². The van der Waals surface area contributed by atoms with Crippen molar-refractivity contribution in [2.24, 2.45) is 0 Å². The van der Waals surface area contributed by atoms with E-state index in [0.717, 1.165) is 32.1 Å². The summed E-state index contributed by atoms with van der Waals surface area (Å²) in [7, 11) is 0. The molecule has 0 saturated heterocycles. The number of hydrogen-bond donors (Lipinski definition) is 1. The number of aliphatic carboxylic acids is 1. The van der Waals surface area contributed by atoms with Gasteiger partial charge in [0.2, 0.25) is 0 Å². The number of rotatable bonds is 12. The van der Waals surface area contributed by atoms with Crippen LogP contribution in [0.5, 0.6) is 0 Å². The summed E-state index contributed by atoms with van der Waals surface area (Å²) in [5.74, 6) is -0.740. The molecule has 0 rings (SSSR count). The highest BCUT2D eigenvalue weighted by atomic mass is 16.4. The van der Waals surface area contributed by atoms with Gasteiger partial charge in [0.15, 0.2) is 0 Å². The highest BCUT2D eigenvalue weighted by Crippen LogP contribution is 1.97. The summed E-state index contributed by atoms with van der Waals surface area (Å²) in [6.45, 7) is 2.14. The van der Waals surface area contributed by atoms with Gasteiger partial charge in [0.05, 0.1) is 0 Å². The lowest BCUT2D eigenvalue weighted by Crippen LogP contribution is -1.91. The van der Waals surface area contributed by atoms with Crippen molar-refractivity contribution in [3.8, 4) is 0 Å². The molecule has 0 aliphatic rings. The van der Waals surface area contributed by atoms with Crippen molar-refractivity contribution in [3.05, 3.63) is 60.8 Å². The van der Waals surface area contributed by atoms with E-state index in [2.05, 4.69) is 55.5 Å². The Bertz CT molecular complexity index is 384. The monoisotopic (exact) mass is 288 g/mol. The van der Waals surface area contributed by atoms with E-state index in [0.29, 0.717) is 6.42 Å². The van der Waals surface area contributed by atoms with Gasteiger partial charge in [-0.25, -0.2) is 0 Å². The first-order valence-corrected chi connectivity index (χ1v) is 7.74. The average Bonchev–Trinajstić information content (AvgIpc) is 2.46. The van der Waals surface area contributed by atoms with E-state index in [1.807, 2.05) is 12.2 Å². The molecule has 0 aromatic heterocycles. The van der Waals surface area contributed by atoms with E-state index in [4.69, 9.17) is 5.11 Å². The molecule has 0 aliphatic carbocycles. The summed E-state index contributed by atoms with van der Waals surface area (Å²) < 4.78 is 0. The normalized spacial score (nSPS) is 12.8. The number of carboxylic acids is 1. The Hall–Kier alpha value is -1.83. The minimum absolute atomic E-state index is 0.213. The van der Waals surface area contributed by atoms with Crippen molar-refractivity contribution >= 4 is 5.97 Å². The molecular formula is C19H28O2. The summed E-state index contributed by atoms with van der Waals surface area (Å²) in [6.07, 6.45) is 27.0. The second-order valence-electron chi connectivity index (χ2n) is 4.64. The van der Waals surface area contributed by atoms with Crippen molar-refractivity contribution in [2.75, 3.05) is 0 Å². The summed E-state index contributed by atoms with van der Waals surface area (Å²) >= 11 is 0. The molecule has 0 fully saturated rings. The second-order valence-corrected chi connectivity index (χ2v) is 4.64. The summed E-state index contributed by atoms with van der Waals surface area (Å²) in [6, 6.07) is 0. The fraction of sp³-hybridized carbons (Fsp3) is 0.421. The Morgan fingerprint density at radius 1 is 0.714 bits per heavy atom. The molecule has 0 spiro atoms. The maximum atomic E-state index is 10.3. The van der Waals surface area contributed by atoms with E-state index in [9.17, 15) is 4.79 Å². The SMILES string of the molecule is CCC=CCC=CCC=CCC=CCC=CCCC(=O)O. The van der Waals surface area contributed by atoms with E-state index >= 15 is 0 Å². The van der Waals surface area contributed by atoms with Crippen LogP contribution in [0.25, 0.3) is 0 Å². The van der Waals surface area contributed by atoms with Crippen LogP contribution in [-0.4, -0.2) is 11.1 Å². The van der Waals surface area contributed by atoms with Crippen LogP contribution in [0.4, 0.5) is 0 Å². The molecule has 0 heterocycles. The zero-order valence-corrected chi connectivity index (χ0v) is 13.1. The van der Waals surface area contributed by atoms with Crippen LogP contribution >= 0.6 is 0 Å². The Kier molecular flexibility index (Phi) is 14.8. The predicted molar refractivity (Wildman–Crippen MR) is 91.3 cm³/mol. The van der Waals surface area contributed by atoms with E-state index in [1.165, 1.54) is 0 Å². The van der Waals surface area contributed by atoms with Gasteiger partial charge >= 0.3 is 5.97 Å². The first-order chi connectivity index (χ1) is 10.3. The minimum Gasteiger partial charge on any atom is -0.481 e. The summed E-state index contributed by atoms with van der Waals surface area (Å²) in [5.41, 5.74) is 0. The molecule has 0 atom stereocenters. The maximum absolute atomic E-state index is 10.3. The van der Waals surface area contributed by atoms with Crippen LogP contribution in [0.3, 0.4) is 0 Å².